The number of fused-ring (bicyclic) bond motifs is 1. The van der Waals surface area contributed by atoms with E-state index in [4.69, 9.17) is 4.74 Å². The van der Waals surface area contributed by atoms with Crippen LogP contribution in [0.25, 0.3) is 0 Å². The molecule has 10 heteroatoms. The summed E-state index contributed by atoms with van der Waals surface area (Å²) < 4.78 is 5.13. The number of imide groups is 1. The number of anilines is 2. The summed E-state index contributed by atoms with van der Waals surface area (Å²) in [6, 6.07) is 15.3. The summed E-state index contributed by atoms with van der Waals surface area (Å²) in [6.07, 6.45) is -0.184. The Balaban J connectivity index is 1.50. The third kappa shape index (κ3) is 4.89. The number of amides is 4. The lowest BCUT2D eigenvalue weighted by Crippen LogP contribution is -2.32. The van der Waals surface area contributed by atoms with E-state index in [0.29, 0.717) is 22.4 Å². The molecule has 1 aliphatic heterocycles. The number of esters is 1. The van der Waals surface area contributed by atoms with E-state index in [1.54, 1.807) is 62.4 Å². The third-order valence-corrected chi connectivity index (χ3v) is 6.76. The number of hydrogen-bond acceptors (Lipinski definition) is 7. The van der Waals surface area contributed by atoms with Gasteiger partial charge in [0.1, 0.15) is 5.00 Å². The van der Waals surface area contributed by atoms with Crippen LogP contribution in [-0.4, -0.2) is 47.6 Å². The number of carbonyl (C=O) groups excluding carboxylic acids is 5. The molecule has 184 valence electrons. The van der Waals surface area contributed by atoms with Gasteiger partial charge in [0.2, 0.25) is 5.91 Å². The molecule has 0 atom stereocenters. The smallest absolute Gasteiger partial charge is 0.341 e. The molecule has 0 fully saturated rings. The minimum Gasteiger partial charge on any atom is -0.462 e. The molecule has 1 aliphatic rings. The molecule has 0 spiro atoms. The maximum absolute atomic E-state index is 12.9. The van der Waals surface area contributed by atoms with Crippen molar-refractivity contribution in [2.75, 3.05) is 23.8 Å². The molecule has 9 nitrogen and oxygen atoms in total. The van der Waals surface area contributed by atoms with Crippen molar-refractivity contribution in [1.82, 2.24) is 4.90 Å². The predicted molar refractivity (Wildman–Crippen MR) is 134 cm³/mol. The number of hydrogen-bond donors (Lipinski definition) is 2. The fourth-order valence-corrected chi connectivity index (χ4v) is 4.93. The zero-order valence-electron chi connectivity index (χ0n) is 19.6. The van der Waals surface area contributed by atoms with Gasteiger partial charge in [0.15, 0.2) is 0 Å². The normalized spacial score (nSPS) is 12.3. The standard InChI is InChI=1S/C26H23N3O6S/c1-3-35-26(34)20-15(2)21(22(31)27-16-9-5-4-6-10-16)36-23(20)28-19(30)13-14-29-24(32)17-11-7-8-12-18(17)25(29)33/h4-12H,3,13-14H2,1-2H3,(H,27,31)(H,28,30). The molecule has 3 aromatic rings. The van der Waals surface area contributed by atoms with Crippen LogP contribution in [0.2, 0.25) is 0 Å². The summed E-state index contributed by atoms with van der Waals surface area (Å²) in [5.74, 6) is -2.53. The van der Waals surface area contributed by atoms with Crippen LogP contribution in [-0.2, 0) is 9.53 Å². The molecule has 2 heterocycles. The first-order chi connectivity index (χ1) is 17.3. The molecule has 0 radical (unpaired) electrons. The van der Waals surface area contributed by atoms with Gasteiger partial charge >= 0.3 is 5.97 Å². The first-order valence-electron chi connectivity index (χ1n) is 11.2. The molecule has 0 saturated heterocycles. The summed E-state index contributed by atoms with van der Waals surface area (Å²) in [4.78, 5) is 64.7. The molecule has 0 unspecified atom stereocenters. The van der Waals surface area contributed by atoms with Crippen molar-refractivity contribution in [1.29, 1.82) is 0 Å². The number of carbonyl (C=O) groups is 5. The predicted octanol–water partition coefficient (Wildman–Crippen LogP) is 4.11. The number of benzene rings is 2. The van der Waals surface area contributed by atoms with Gasteiger partial charge in [-0.2, -0.15) is 0 Å². The topological polar surface area (TPSA) is 122 Å². The van der Waals surface area contributed by atoms with Crippen LogP contribution < -0.4 is 10.6 Å². The number of nitrogens with zero attached hydrogens (tertiary/aromatic N) is 1. The molecule has 4 amide bonds. The van der Waals surface area contributed by atoms with Gasteiger partial charge in [-0.3, -0.25) is 24.1 Å². The third-order valence-electron chi connectivity index (χ3n) is 5.56. The molecule has 0 saturated carbocycles. The summed E-state index contributed by atoms with van der Waals surface area (Å²) in [5, 5.41) is 5.59. The highest BCUT2D eigenvalue weighted by molar-refractivity contribution is 7.19. The zero-order chi connectivity index (χ0) is 25.8. The highest BCUT2D eigenvalue weighted by Crippen LogP contribution is 2.34. The minimum absolute atomic E-state index is 0.0918. The lowest BCUT2D eigenvalue weighted by atomic mass is 10.1. The monoisotopic (exact) mass is 505 g/mol. The van der Waals surface area contributed by atoms with Crippen molar-refractivity contribution < 1.29 is 28.7 Å². The second-order valence-electron chi connectivity index (χ2n) is 7.91. The molecular weight excluding hydrogens is 482 g/mol. The number of rotatable bonds is 8. The molecule has 1 aromatic heterocycles. The average Bonchev–Trinajstić information content (AvgIpc) is 3.32. The van der Waals surface area contributed by atoms with Crippen molar-refractivity contribution in [2.24, 2.45) is 0 Å². The van der Waals surface area contributed by atoms with E-state index in [1.165, 1.54) is 0 Å². The number of ether oxygens (including phenoxy) is 1. The molecular formula is C26H23N3O6S. The van der Waals surface area contributed by atoms with E-state index in [-0.39, 0.29) is 35.0 Å². The Morgan fingerprint density at radius 3 is 2.14 bits per heavy atom. The summed E-state index contributed by atoms with van der Waals surface area (Å²) in [7, 11) is 0. The Hall–Kier alpha value is -4.31. The zero-order valence-corrected chi connectivity index (χ0v) is 20.4. The fourth-order valence-electron chi connectivity index (χ4n) is 3.82. The van der Waals surface area contributed by atoms with Crippen LogP contribution in [0.5, 0.6) is 0 Å². The van der Waals surface area contributed by atoms with Crippen molar-refractivity contribution in [3.8, 4) is 0 Å². The molecule has 0 bridgehead atoms. The lowest BCUT2D eigenvalue weighted by Gasteiger charge is -2.13. The van der Waals surface area contributed by atoms with Crippen LogP contribution in [0.15, 0.2) is 54.6 Å². The summed E-state index contributed by atoms with van der Waals surface area (Å²) in [5.41, 5.74) is 1.65. The van der Waals surface area contributed by atoms with Crippen LogP contribution in [0, 0.1) is 6.92 Å². The van der Waals surface area contributed by atoms with Crippen molar-refractivity contribution in [2.45, 2.75) is 20.3 Å². The first-order valence-corrected chi connectivity index (χ1v) is 12.1. The molecule has 2 aromatic carbocycles. The van der Waals surface area contributed by atoms with Crippen molar-refractivity contribution in [3.63, 3.8) is 0 Å². The summed E-state index contributed by atoms with van der Waals surface area (Å²) >= 11 is 0.953. The van der Waals surface area contributed by atoms with Crippen LogP contribution >= 0.6 is 11.3 Å². The number of para-hydroxylation sites is 1. The largest absolute Gasteiger partial charge is 0.462 e. The highest BCUT2D eigenvalue weighted by Gasteiger charge is 2.35. The van der Waals surface area contributed by atoms with E-state index < -0.39 is 29.6 Å². The van der Waals surface area contributed by atoms with Crippen LogP contribution in [0.3, 0.4) is 0 Å². The van der Waals surface area contributed by atoms with Crippen LogP contribution in [0.4, 0.5) is 10.7 Å². The fraction of sp³-hybridized carbons (Fsp3) is 0.192. The van der Waals surface area contributed by atoms with Crippen molar-refractivity contribution in [3.05, 3.63) is 81.7 Å². The van der Waals surface area contributed by atoms with Crippen LogP contribution in [0.1, 0.15) is 59.7 Å². The van der Waals surface area contributed by atoms with E-state index in [2.05, 4.69) is 10.6 Å². The van der Waals surface area contributed by atoms with Gasteiger partial charge < -0.3 is 15.4 Å². The first kappa shape index (κ1) is 24.8. The molecule has 2 N–H and O–H groups in total. The minimum atomic E-state index is -0.666. The quantitative estimate of drug-likeness (QED) is 0.351. The highest BCUT2D eigenvalue weighted by atomic mass is 32.1. The molecule has 4 rings (SSSR count). The number of thiophene rings is 1. The Morgan fingerprint density at radius 1 is 0.917 bits per heavy atom. The van der Waals surface area contributed by atoms with Gasteiger partial charge in [0.25, 0.3) is 17.7 Å². The molecule has 36 heavy (non-hydrogen) atoms. The van der Waals surface area contributed by atoms with Gasteiger partial charge in [-0.05, 0) is 43.7 Å². The Bertz CT molecular complexity index is 1330. The van der Waals surface area contributed by atoms with E-state index in [0.717, 1.165) is 16.2 Å². The van der Waals surface area contributed by atoms with E-state index in [9.17, 15) is 24.0 Å². The van der Waals surface area contributed by atoms with E-state index >= 15 is 0 Å². The van der Waals surface area contributed by atoms with Crippen molar-refractivity contribution >= 4 is 51.6 Å². The van der Waals surface area contributed by atoms with Gasteiger partial charge in [-0.1, -0.05) is 30.3 Å². The van der Waals surface area contributed by atoms with Gasteiger partial charge in [-0.25, -0.2) is 4.79 Å². The maximum Gasteiger partial charge on any atom is 0.341 e. The SMILES string of the molecule is CCOC(=O)c1c(NC(=O)CCN2C(=O)c3ccccc3C2=O)sc(C(=O)Nc2ccccc2)c1C. The van der Waals surface area contributed by atoms with Gasteiger partial charge in [0.05, 0.1) is 28.2 Å². The summed E-state index contributed by atoms with van der Waals surface area (Å²) in [6.45, 7) is 3.26. The van der Waals surface area contributed by atoms with E-state index in [1.807, 2.05) is 6.07 Å². The Labute approximate surface area is 211 Å². The second kappa shape index (κ2) is 10.5. The van der Waals surface area contributed by atoms with Gasteiger partial charge in [0, 0.05) is 18.7 Å². The Morgan fingerprint density at radius 2 is 1.53 bits per heavy atom. The lowest BCUT2D eigenvalue weighted by molar-refractivity contribution is -0.116. The van der Waals surface area contributed by atoms with Gasteiger partial charge in [-0.15, -0.1) is 11.3 Å². The molecule has 0 aliphatic carbocycles. The Kier molecular flexibility index (Phi) is 7.25. The maximum atomic E-state index is 12.9. The number of nitrogens with one attached hydrogen (secondary N) is 2. The average molecular weight is 506 g/mol. The second-order valence-corrected chi connectivity index (χ2v) is 8.93.